The highest BCUT2D eigenvalue weighted by atomic mass is 35.5. The number of rotatable bonds is 7. The Hall–Kier alpha value is -2.99. The summed E-state index contributed by atoms with van der Waals surface area (Å²) in [5.41, 5.74) is 2.71. The van der Waals surface area contributed by atoms with Crippen molar-refractivity contribution in [3.05, 3.63) is 76.0 Å². The first kappa shape index (κ1) is 20.7. The summed E-state index contributed by atoms with van der Waals surface area (Å²) in [6.07, 6.45) is 1.36. The zero-order valence-electron chi connectivity index (χ0n) is 16.3. The van der Waals surface area contributed by atoms with Gasteiger partial charge in [0, 0.05) is 10.7 Å². The number of allylic oxidation sites excluding steroid dienone is 1. The number of benzene rings is 2. The molecule has 7 heteroatoms. The van der Waals surface area contributed by atoms with Gasteiger partial charge in [-0.05, 0) is 41.8 Å². The van der Waals surface area contributed by atoms with Crippen LogP contribution in [0, 0.1) is 0 Å². The van der Waals surface area contributed by atoms with Gasteiger partial charge in [-0.1, -0.05) is 49.2 Å². The topological polar surface area (TPSA) is 76.7 Å². The molecule has 1 aliphatic rings. The SMILES string of the molecule is CCCC1=C(C(=O)OC)C(c2cccc(OCc3ccc(Cl)cc3)c2)NC(=O)N1. The lowest BCUT2D eigenvalue weighted by atomic mass is 9.93. The second-order valence-electron chi connectivity index (χ2n) is 6.65. The minimum Gasteiger partial charge on any atom is -0.489 e. The van der Waals surface area contributed by atoms with Crippen LogP contribution in [0.15, 0.2) is 59.8 Å². The number of urea groups is 1. The summed E-state index contributed by atoms with van der Waals surface area (Å²) >= 11 is 5.91. The fraction of sp³-hybridized carbons (Fsp3) is 0.273. The van der Waals surface area contributed by atoms with Gasteiger partial charge in [0.05, 0.1) is 18.7 Å². The molecule has 0 saturated heterocycles. The molecule has 0 bridgehead atoms. The van der Waals surface area contributed by atoms with E-state index in [0.717, 1.165) is 17.5 Å². The average Bonchev–Trinajstić information content (AvgIpc) is 2.73. The zero-order valence-corrected chi connectivity index (χ0v) is 17.1. The first-order valence-electron chi connectivity index (χ1n) is 9.38. The van der Waals surface area contributed by atoms with Gasteiger partial charge in [0.15, 0.2) is 0 Å². The van der Waals surface area contributed by atoms with Crippen LogP contribution in [0.5, 0.6) is 5.75 Å². The van der Waals surface area contributed by atoms with Gasteiger partial charge < -0.3 is 20.1 Å². The second kappa shape index (κ2) is 9.47. The molecule has 1 aliphatic heterocycles. The summed E-state index contributed by atoms with van der Waals surface area (Å²) in [5.74, 6) is 0.157. The maximum atomic E-state index is 12.5. The number of ether oxygens (including phenoxy) is 2. The molecule has 0 spiro atoms. The van der Waals surface area contributed by atoms with Crippen molar-refractivity contribution in [2.24, 2.45) is 0 Å². The normalized spacial score (nSPS) is 16.1. The first-order chi connectivity index (χ1) is 14.0. The fourth-order valence-corrected chi connectivity index (χ4v) is 3.32. The lowest BCUT2D eigenvalue weighted by Crippen LogP contribution is -2.45. The molecule has 2 N–H and O–H groups in total. The van der Waals surface area contributed by atoms with Crippen molar-refractivity contribution in [2.45, 2.75) is 32.4 Å². The van der Waals surface area contributed by atoms with Crippen LogP contribution in [-0.4, -0.2) is 19.1 Å². The first-order valence-corrected chi connectivity index (χ1v) is 9.75. The quantitative estimate of drug-likeness (QED) is 0.654. The molecule has 0 aromatic heterocycles. The molecule has 3 rings (SSSR count). The molecule has 0 fully saturated rings. The Morgan fingerprint density at radius 2 is 1.93 bits per heavy atom. The monoisotopic (exact) mass is 414 g/mol. The summed E-state index contributed by atoms with van der Waals surface area (Å²) in [7, 11) is 1.33. The minimum atomic E-state index is -0.614. The van der Waals surface area contributed by atoms with E-state index in [1.54, 1.807) is 0 Å². The van der Waals surface area contributed by atoms with Crippen molar-refractivity contribution in [3.63, 3.8) is 0 Å². The molecule has 152 valence electrons. The number of carbonyl (C=O) groups excluding carboxylic acids is 2. The van der Waals surface area contributed by atoms with Crippen LogP contribution in [0.25, 0.3) is 0 Å². The van der Waals surface area contributed by atoms with Gasteiger partial charge in [0.2, 0.25) is 0 Å². The van der Waals surface area contributed by atoms with Gasteiger partial charge in [-0.25, -0.2) is 9.59 Å². The Kier molecular flexibility index (Phi) is 6.77. The molecule has 1 heterocycles. The third-order valence-corrected chi connectivity index (χ3v) is 4.82. The van der Waals surface area contributed by atoms with Gasteiger partial charge in [0.25, 0.3) is 0 Å². The smallest absolute Gasteiger partial charge is 0.337 e. The molecule has 29 heavy (non-hydrogen) atoms. The second-order valence-corrected chi connectivity index (χ2v) is 7.09. The number of methoxy groups -OCH3 is 1. The van der Waals surface area contributed by atoms with Crippen molar-refractivity contribution in [2.75, 3.05) is 7.11 Å². The number of halogens is 1. The molecular formula is C22H23ClN2O4. The maximum absolute atomic E-state index is 12.5. The highest BCUT2D eigenvalue weighted by Gasteiger charge is 2.33. The number of amides is 2. The highest BCUT2D eigenvalue weighted by Crippen LogP contribution is 2.31. The molecule has 2 amide bonds. The third kappa shape index (κ3) is 5.09. The summed E-state index contributed by atoms with van der Waals surface area (Å²) in [6, 6.07) is 13.8. The van der Waals surface area contributed by atoms with Gasteiger partial charge in [-0.2, -0.15) is 0 Å². The summed E-state index contributed by atoms with van der Waals surface area (Å²) in [4.78, 5) is 24.6. The Bertz CT molecular complexity index is 925. The molecule has 1 unspecified atom stereocenters. The lowest BCUT2D eigenvalue weighted by Gasteiger charge is -2.29. The number of nitrogens with one attached hydrogen (secondary N) is 2. The van der Waals surface area contributed by atoms with Crippen molar-refractivity contribution < 1.29 is 19.1 Å². The molecule has 0 saturated carbocycles. The predicted molar refractivity (Wildman–Crippen MR) is 111 cm³/mol. The van der Waals surface area contributed by atoms with Crippen LogP contribution >= 0.6 is 11.6 Å². The average molecular weight is 415 g/mol. The summed E-state index contributed by atoms with van der Waals surface area (Å²) in [5, 5.41) is 6.22. The Morgan fingerprint density at radius 1 is 1.17 bits per heavy atom. The minimum absolute atomic E-state index is 0.349. The Labute approximate surface area is 174 Å². The van der Waals surface area contributed by atoms with Crippen LogP contribution in [0.2, 0.25) is 5.02 Å². The molecule has 2 aromatic carbocycles. The number of carbonyl (C=O) groups is 2. The van der Waals surface area contributed by atoms with Crippen LogP contribution in [-0.2, 0) is 16.1 Å². The van der Waals surface area contributed by atoms with E-state index in [2.05, 4.69) is 10.6 Å². The van der Waals surface area contributed by atoms with Gasteiger partial charge in [-0.15, -0.1) is 0 Å². The van der Waals surface area contributed by atoms with Crippen molar-refractivity contribution >= 4 is 23.6 Å². The summed E-state index contributed by atoms with van der Waals surface area (Å²) < 4.78 is 10.9. The molecule has 0 radical (unpaired) electrons. The van der Waals surface area contributed by atoms with Crippen molar-refractivity contribution in [1.82, 2.24) is 10.6 Å². The molecule has 2 aromatic rings. The van der Waals surface area contributed by atoms with E-state index in [1.807, 2.05) is 55.5 Å². The lowest BCUT2D eigenvalue weighted by molar-refractivity contribution is -0.136. The van der Waals surface area contributed by atoms with E-state index in [4.69, 9.17) is 21.1 Å². The fourth-order valence-electron chi connectivity index (χ4n) is 3.20. The van der Waals surface area contributed by atoms with Gasteiger partial charge in [0.1, 0.15) is 12.4 Å². The van der Waals surface area contributed by atoms with Crippen LogP contribution in [0.4, 0.5) is 4.79 Å². The summed E-state index contributed by atoms with van der Waals surface area (Å²) in [6.45, 7) is 2.36. The van der Waals surface area contributed by atoms with Crippen molar-refractivity contribution in [3.8, 4) is 5.75 Å². The third-order valence-electron chi connectivity index (χ3n) is 4.57. The molecule has 6 nitrogen and oxygen atoms in total. The predicted octanol–water partition coefficient (Wildman–Crippen LogP) is 4.50. The van der Waals surface area contributed by atoms with E-state index in [9.17, 15) is 9.59 Å². The van der Waals surface area contributed by atoms with Gasteiger partial charge >= 0.3 is 12.0 Å². The van der Waals surface area contributed by atoms with E-state index in [0.29, 0.717) is 35.1 Å². The standard InChI is InChI=1S/C22H23ClN2O4/c1-3-5-18-19(21(26)28-2)20(25-22(27)24-18)15-6-4-7-17(12-15)29-13-14-8-10-16(23)11-9-14/h4,6-12,20H,3,5,13H2,1-2H3,(H2,24,25,27). The Balaban J connectivity index is 1.86. The molecular weight excluding hydrogens is 392 g/mol. The number of hydrogen-bond acceptors (Lipinski definition) is 4. The number of hydrogen-bond donors (Lipinski definition) is 2. The molecule has 1 atom stereocenters. The van der Waals surface area contributed by atoms with E-state index in [1.165, 1.54) is 7.11 Å². The van der Waals surface area contributed by atoms with E-state index < -0.39 is 12.0 Å². The zero-order chi connectivity index (χ0) is 20.8. The van der Waals surface area contributed by atoms with E-state index >= 15 is 0 Å². The van der Waals surface area contributed by atoms with Gasteiger partial charge in [-0.3, -0.25) is 0 Å². The largest absolute Gasteiger partial charge is 0.489 e. The Morgan fingerprint density at radius 3 is 2.62 bits per heavy atom. The van der Waals surface area contributed by atoms with Crippen LogP contribution < -0.4 is 15.4 Å². The molecule has 0 aliphatic carbocycles. The van der Waals surface area contributed by atoms with E-state index in [-0.39, 0.29) is 6.03 Å². The van der Waals surface area contributed by atoms with Crippen LogP contribution in [0.1, 0.15) is 36.9 Å². The van der Waals surface area contributed by atoms with Crippen LogP contribution in [0.3, 0.4) is 0 Å². The van der Waals surface area contributed by atoms with Crippen molar-refractivity contribution in [1.29, 1.82) is 0 Å². The maximum Gasteiger partial charge on any atom is 0.337 e. The number of esters is 1. The highest BCUT2D eigenvalue weighted by molar-refractivity contribution is 6.30.